The lowest BCUT2D eigenvalue weighted by Crippen LogP contribution is -2.39. The molecule has 4 N–H and O–H groups in total. The first-order chi connectivity index (χ1) is 7.13. The van der Waals surface area contributed by atoms with Gasteiger partial charge in [-0.1, -0.05) is 0 Å². The van der Waals surface area contributed by atoms with E-state index >= 15 is 0 Å². The van der Waals surface area contributed by atoms with E-state index < -0.39 is 5.03 Å². The third kappa shape index (κ3) is 6.63. The van der Waals surface area contributed by atoms with Crippen molar-refractivity contribution in [1.82, 2.24) is 10.6 Å². The number of nitrogens with zero attached hydrogens (tertiary/aromatic N) is 2. The molecule has 0 fully saturated rings. The first-order valence-corrected chi connectivity index (χ1v) is 4.50. The Morgan fingerprint density at radius 1 is 1.60 bits per heavy atom. The third-order valence-corrected chi connectivity index (χ3v) is 1.77. The van der Waals surface area contributed by atoms with Crippen LogP contribution >= 0.6 is 0 Å². The monoisotopic (exact) mass is 220 g/mol. The zero-order valence-electron chi connectivity index (χ0n) is 8.51. The summed E-state index contributed by atoms with van der Waals surface area (Å²) in [5.74, 6) is -0.128. The molecular weight excluding hydrogens is 204 g/mol. The molecule has 0 aliphatic rings. The summed E-state index contributed by atoms with van der Waals surface area (Å²) in [5.41, 5.74) is 0. The first-order valence-electron chi connectivity index (χ1n) is 4.50. The van der Waals surface area contributed by atoms with Crippen molar-refractivity contribution in [2.45, 2.75) is 6.42 Å². The second kappa shape index (κ2) is 7.94. The minimum Gasteiger partial charge on any atom is -0.396 e. The normalized spacial score (nSPS) is 13.4. The van der Waals surface area contributed by atoms with E-state index in [1.54, 1.807) is 0 Å². The number of aliphatic hydroxyl groups excluding tert-OH is 2. The molecule has 88 valence electrons. The maximum atomic E-state index is 10.1. The number of hydrogen-bond acceptors (Lipinski definition) is 4. The maximum Gasteiger partial charge on any atom is 0.268 e. The van der Waals surface area contributed by atoms with Crippen molar-refractivity contribution in [2.24, 2.45) is 11.0 Å². The van der Waals surface area contributed by atoms with E-state index in [1.165, 1.54) is 7.05 Å². The fraction of sp³-hybridized carbons (Fsp3) is 0.857. The molecule has 0 aromatic heterocycles. The van der Waals surface area contributed by atoms with Gasteiger partial charge in [-0.2, -0.15) is 0 Å². The van der Waals surface area contributed by atoms with Gasteiger partial charge in [0.2, 0.25) is 0 Å². The second-order valence-corrected chi connectivity index (χ2v) is 2.88. The highest BCUT2D eigenvalue weighted by atomic mass is 16.7. The van der Waals surface area contributed by atoms with E-state index in [1.807, 2.05) is 0 Å². The van der Waals surface area contributed by atoms with Crippen molar-refractivity contribution in [3.63, 3.8) is 0 Å². The van der Waals surface area contributed by atoms with Gasteiger partial charge in [-0.25, -0.2) is 10.1 Å². The number of guanidine groups is 1. The van der Waals surface area contributed by atoms with Gasteiger partial charge in [0.1, 0.15) is 5.10 Å². The average molecular weight is 220 g/mol. The van der Waals surface area contributed by atoms with Crippen LogP contribution in [0.1, 0.15) is 6.42 Å². The summed E-state index contributed by atoms with van der Waals surface area (Å²) in [4.78, 5) is 10.1. The second-order valence-electron chi connectivity index (χ2n) is 2.88. The van der Waals surface area contributed by atoms with Crippen LogP contribution < -0.4 is 10.6 Å². The number of rotatable bonds is 6. The lowest BCUT2D eigenvalue weighted by Gasteiger charge is -2.13. The fourth-order valence-corrected chi connectivity index (χ4v) is 0.937. The van der Waals surface area contributed by atoms with Crippen LogP contribution in [-0.4, -0.2) is 48.0 Å². The Labute approximate surface area is 87.1 Å². The van der Waals surface area contributed by atoms with Crippen molar-refractivity contribution >= 4 is 5.96 Å². The molecule has 0 aliphatic heterocycles. The van der Waals surface area contributed by atoms with Gasteiger partial charge in [0, 0.05) is 32.7 Å². The van der Waals surface area contributed by atoms with Crippen LogP contribution in [0.5, 0.6) is 0 Å². The van der Waals surface area contributed by atoms with Crippen molar-refractivity contribution in [1.29, 1.82) is 0 Å². The average Bonchev–Trinajstić information content (AvgIpc) is 2.21. The molecular formula is C7H16N4O4. The summed E-state index contributed by atoms with van der Waals surface area (Å²) < 4.78 is 0. The summed E-state index contributed by atoms with van der Waals surface area (Å²) in [6.07, 6.45) is 0.430. The van der Waals surface area contributed by atoms with Crippen molar-refractivity contribution in [3.8, 4) is 0 Å². The lowest BCUT2D eigenvalue weighted by atomic mass is 10.1. The topological polar surface area (TPSA) is 120 Å². The minimum absolute atomic E-state index is 0.0244. The Morgan fingerprint density at radius 3 is 2.67 bits per heavy atom. The van der Waals surface area contributed by atoms with Gasteiger partial charge in [-0.3, -0.25) is 0 Å². The summed E-state index contributed by atoms with van der Waals surface area (Å²) in [5, 5.41) is 35.0. The summed E-state index contributed by atoms with van der Waals surface area (Å²) in [6.45, 7) is 0.182. The molecule has 0 aliphatic carbocycles. The van der Waals surface area contributed by atoms with Crippen LogP contribution in [0.15, 0.2) is 5.10 Å². The SMILES string of the molecule is CN/C(=N\[N+](=O)[O-])NCC(CO)CCO. The quantitative estimate of drug-likeness (QED) is 0.184. The molecule has 0 saturated heterocycles. The number of hydrogen-bond donors (Lipinski definition) is 4. The standard InChI is InChI=1S/C7H16N4O4/c1-8-7(10-11(14)15)9-4-6(5-13)2-3-12/h6,12-13H,2-5H2,1H3,(H2,8,9,10). The molecule has 0 radical (unpaired) electrons. The van der Waals surface area contributed by atoms with E-state index in [4.69, 9.17) is 10.2 Å². The van der Waals surface area contributed by atoms with E-state index in [0.717, 1.165) is 0 Å². The van der Waals surface area contributed by atoms with Gasteiger partial charge in [-0.05, 0) is 6.42 Å². The highest BCUT2D eigenvalue weighted by Gasteiger charge is 2.09. The molecule has 8 heteroatoms. The van der Waals surface area contributed by atoms with Crippen LogP contribution in [0.2, 0.25) is 0 Å². The minimum atomic E-state index is -0.821. The van der Waals surface area contributed by atoms with Gasteiger partial charge >= 0.3 is 0 Å². The van der Waals surface area contributed by atoms with E-state index in [2.05, 4.69) is 15.7 Å². The number of nitro groups is 1. The molecule has 0 saturated carbocycles. The molecule has 0 aromatic carbocycles. The van der Waals surface area contributed by atoms with Crippen LogP contribution in [0, 0.1) is 16.0 Å². The smallest absolute Gasteiger partial charge is 0.268 e. The molecule has 0 spiro atoms. The zero-order valence-corrected chi connectivity index (χ0v) is 8.51. The summed E-state index contributed by atoms with van der Waals surface area (Å²) in [6, 6.07) is 0. The van der Waals surface area contributed by atoms with E-state index in [9.17, 15) is 10.1 Å². The third-order valence-electron chi connectivity index (χ3n) is 1.77. The summed E-state index contributed by atoms with van der Waals surface area (Å²) >= 11 is 0. The molecule has 0 rings (SSSR count). The highest BCUT2D eigenvalue weighted by molar-refractivity contribution is 5.78. The van der Waals surface area contributed by atoms with Crippen molar-refractivity contribution in [2.75, 3.05) is 26.8 Å². The lowest BCUT2D eigenvalue weighted by molar-refractivity contribution is -0.485. The molecule has 0 bridgehead atoms. The maximum absolute atomic E-state index is 10.1. The van der Waals surface area contributed by atoms with Crippen LogP contribution in [-0.2, 0) is 0 Å². The van der Waals surface area contributed by atoms with Crippen LogP contribution in [0.4, 0.5) is 0 Å². The molecule has 0 heterocycles. The highest BCUT2D eigenvalue weighted by Crippen LogP contribution is 1.98. The Balaban J connectivity index is 4.03. The van der Waals surface area contributed by atoms with Crippen LogP contribution in [0.3, 0.4) is 0 Å². The molecule has 1 atom stereocenters. The number of nitrogens with one attached hydrogen (secondary N) is 2. The van der Waals surface area contributed by atoms with Gasteiger partial charge in [0.15, 0.2) is 5.03 Å². The Hall–Kier alpha value is -1.41. The Bertz CT molecular complexity index is 221. The van der Waals surface area contributed by atoms with Gasteiger partial charge < -0.3 is 20.8 Å². The van der Waals surface area contributed by atoms with Gasteiger partial charge in [0.25, 0.3) is 5.96 Å². The Morgan fingerprint density at radius 2 is 2.27 bits per heavy atom. The molecule has 8 nitrogen and oxygen atoms in total. The van der Waals surface area contributed by atoms with Crippen molar-refractivity contribution in [3.05, 3.63) is 10.1 Å². The molecule has 0 amide bonds. The number of aliphatic hydroxyl groups is 2. The van der Waals surface area contributed by atoms with E-state index in [0.29, 0.717) is 13.0 Å². The first kappa shape index (κ1) is 13.6. The predicted octanol–water partition coefficient (Wildman–Crippen LogP) is -1.67. The van der Waals surface area contributed by atoms with Crippen molar-refractivity contribution < 1.29 is 15.2 Å². The van der Waals surface area contributed by atoms with Gasteiger partial charge in [0.05, 0.1) is 0 Å². The predicted molar refractivity (Wildman–Crippen MR) is 53.8 cm³/mol. The zero-order chi connectivity index (χ0) is 11.7. The van der Waals surface area contributed by atoms with Gasteiger partial charge in [-0.15, -0.1) is 0 Å². The molecule has 1 unspecified atom stereocenters. The van der Waals surface area contributed by atoms with Crippen LogP contribution in [0.25, 0.3) is 0 Å². The molecule has 0 aromatic rings. The molecule has 15 heavy (non-hydrogen) atoms. The van der Waals surface area contributed by atoms with E-state index in [-0.39, 0.29) is 25.1 Å². The largest absolute Gasteiger partial charge is 0.396 e. The number of hydrazone groups is 1. The Kier molecular flexibility index (Phi) is 7.20. The summed E-state index contributed by atoms with van der Waals surface area (Å²) in [7, 11) is 1.50. The fourth-order valence-electron chi connectivity index (χ4n) is 0.937.